The van der Waals surface area contributed by atoms with Crippen molar-refractivity contribution >= 4 is 119 Å². The topological polar surface area (TPSA) is 61.7 Å². The van der Waals surface area contributed by atoms with E-state index in [-0.39, 0.29) is 0 Å². The van der Waals surface area contributed by atoms with Crippen molar-refractivity contribution in [1.29, 1.82) is 0 Å². The molecule has 0 saturated heterocycles. The Kier molecular flexibility index (Phi) is 7.28. The van der Waals surface area contributed by atoms with E-state index in [0.717, 1.165) is 82.4 Å². The maximum Gasteiger partial charge on any atom is 0.238 e. The quantitative estimate of drug-likeness (QED) is 0.177. The lowest BCUT2D eigenvalue weighted by molar-refractivity contribution is 0.672. The third-order valence-electron chi connectivity index (χ3n) is 13.5. The highest BCUT2D eigenvalue weighted by Crippen LogP contribution is 2.44. The first kappa shape index (κ1) is 35.8. The number of hydrogen-bond acceptors (Lipinski definition) is 5. The molecule has 7 heteroatoms. The van der Waals surface area contributed by atoms with Crippen LogP contribution in [-0.4, -0.2) is 24.1 Å². The fraction of sp³-hybridized carbons (Fsp3) is 0. The lowest BCUT2D eigenvalue weighted by atomic mass is 10.0. The third-order valence-corrected chi connectivity index (χ3v) is 14.7. The Bertz CT molecular complexity index is 4500. The molecule has 0 unspecified atom stereocenters. The van der Waals surface area contributed by atoms with Gasteiger partial charge in [0.1, 0.15) is 11.2 Å². The molecule has 0 saturated carbocycles. The third kappa shape index (κ3) is 5.08. The molecule has 0 amide bonds. The summed E-state index contributed by atoms with van der Waals surface area (Å²) in [6.07, 6.45) is 0. The zero-order valence-corrected chi connectivity index (χ0v) is 35.9. The highest BCUT2D eigenvalue weighted by atomic mass is 32.1. The first-order valence-corrected chi connectivity index (χ1v) is 23.0. The minimum absolute atomic E-state index is 0.544. The molecule has 0 spiro atoms. The zero-order valence-electron chi connectivity index (χ0n) is 35.1. The number of para-hydroxylation sites is 3. The number of fused-ring (bicyclic) bond motifs is 15. The van der Waals surface area contributed by atoms with Crippen LogP contribution in [0.1, 0.15) is 0 Å². The van der Waals surface area contributed by atoms with Crippen LogP contribution in [0.2, 0.25) is 0 Å². The minimum atomic E-state index is 0.544. The molecule has 5 aromatic heterocycles. The van der Waals surface area contributed by atoms with E-state index >= 15 is 0 Å². The summed E-state index contributed by atoms with van der Waals surface area (Å²) in [4.78, 5) is 16.5. The van der Waals surface area contributed by atoms with Gasteiger partial charge in [-0.25, -0.2) is 4.98 Å². The molecule has 0 aliphatic rings. The van der Waals surface area contributed by atoms with Crippen molar-refractivity contribution in [2.24, 2.45) is 0 Å². The lowest BCUT2D eigenvalue weighted by Crippen LogP contribution is -2.07. The summed E-state index contributed by atoms with van der Waals surface area (Å²) < 4.78 is 14.1. The van der Waals surface area contributed by atoms with Gasteiger partial charge in [0.15, 0.2) is 11.6 Å². The Morgan fingerprint density at radius 3 is 1.76 bits per heavy atom. The van der Waals surface area contributed by atoms with Crippen LogP contribution in [0.3, 0.4) is 0 Å². The highest BCUT2D eigenvalue weighted by molar-refractivity contribution is 7.25. The maximum atomic E-state index is 7.09. The fourth-order valence-electron chi connectivity index (χ4n) is 10.6. The Morgan fingerprint density at radius 2 is 0.985 bits per heavy atom. The Morgan fingerprint density at radius 1 is 0.379 bits per heavy atom. The predicted molar refractivity (Wildman–Crippen MR) is 275 cm³/mol. The summed E-state index contributed by atoms with van der Waals surface area (Å²) in [6, 6.07) is 71.4. The summed E-state index contributed by atoms with van der Waals surface area (Å²) in [5.41, 5.74) is 8.59. The molecular weight excluding hydrogens is 827 g/mol. The first-order chi connectivity index (χ1) is 32.7. The SMILES string of the molecule is c1ccc2cc3c(cc2c1)c1ccccc1n3-c1cc(-c2nc(-c3ccc4sc5ccccc5c4c3)nc(-n3c4ccccc4c4ccccc43)n2)c2c(c1)oc1c3ccccc3ccc12. The average molecular weight is 860 g/mol. The molecule has 306 valence electrons. The van der Waals surface area contributed by atoms with Gasteiger partial charge in [0, 0.05) is 75.1 Å². The van der Waals surface area contributed by atoms with Gasteiger partial charge in [0.05, 0.1) is 27.8 Å². The molecular formula is C59H33N5OS. The van der Waals surface area contributed by atoms with Crippen molar-refractivity contribution in [3.05, 3.63) is 200 Å². The van der Waals surface area contributed by atoms with Crippen molar-refractivity contribution < 1.29 is 4.42 Å². The summed E-state index contributed by atoms with van der Waals surface area (Å²) in [7, 11) is 0. The molecule has 0 bridgehead atoms. The van der Waals surface area contributed by atoms with Gasteiger partial charge in [-0.15, -0.1) is 11.3 Å². The number of rotatable bonds is 4. The van der Waals surface area contributed by atoms with Gasteiger partial charge >= 0.3 is 0 Å². The number of aromatic nitrogens is 5. The van der Waals surface area contributed by atoms with E-state index in [1.54, 1.807) is 11.3 Å². The maximum absolute atomic E-state index is 7.09. The van der Waals surface area contributed by atoms with E-state index in [2.05, 4.69) is 209 Å². The first-order valence-electron chi connectivity index (χ1n) is 22.2. The van der Waals surface area contributed by atoms with E-state index in [1.807, 2.05) is 0 Å². The summed E-state index contributed by atoms with van der Waals surface area (Å²) in [6.45, 7) is 0. The molecule has 15 rings (SSSR count). The van der Waals surface area contributed by atoms with E-state index in [4.69, 9.17) is 19.4 Å². The minimum Gasteiger partial charge on any atom is -0.455 e. The Balaban J connectivity index is 1.08. The van der Waals surface area contributed by atoms with Gasteiger partial charge in [-0.2, -0.15) is 9.97 Å². The van der Waals surface area contributed by atoms with Crippen LogP contribution in [0.4, 0.5) is 0 Å². The second-order valence-electron chi connectivity index (χ2n) is 17.2. The molecule has 66 heavy (non-hydrogen) atoms. The molecule has 0 atom stereocenters. The standard InChI is InChI=1S/C59H33N5OS/c1-2-15-36-31-51-45(29-35(36)14-1)42-19-7-9-21-48(42)63(51)38-32-47(55-44-27-25-34-13-3-4-16-39(34)56(44)65-52(55)33-38)58-60-57(37-26-28-54-46(30-37)43-20-8-12-24-53(43)66-54)61-59(62-58)64-49-22-10-5-17-40(49)41-18-6-11-23-50(41)64/h1-33H. The summed E-state index contributed by atoms with van der Waals surface area (Å²) >= 11 is 1.81. The molecule has 6 nitrogen and oxygen atoms in total. The van der Waals surface area contributed by atoms with Crippen LogP contribution < -0.4 is 0 Å². The Hall–Kier alpha value is -8.65. The van der Waals surface area contributed by atoms with Gasteiger partial charge < -0.3 is 8.98 Å². The van der Waals surface area contributed by atoms with E-state index < -0.39 is 0 Å². The largest absolute Gasteiger partial charge is 0.455 e. The molecule has 0 fully saturated rings. The second kappa shape index (κ2) is 13.4. The number of hydrogen-bond donors (Lipinski definition) is 0. The highest BCUT2D eigenvalue weighted by Gasteiger charge is 2.24. The van der Waals surface area contributed by atoms with E-state index in [9.17, 15) is 0 Å². The van der Waals surface area contributed by atoms with Gasteiger partial charge in [-0.05, 0) is 82.9 Å². The van der Waals surface area contributed by atoms with E-state index in [1.165, 1.54) is 41.7 Å². The Labute approximate surface area is 379 Å². The van der Waals surface area contributed by atoms with Gasteiger partial charge in [0.25, 0.3) is 0 Å². The van der Waals surface area contributed by atoms with Crippen molar-refractivity contribution in [3.8, 4) is 34.4 Å². The second-order valence-corrected chi connectivity index (χ2v) is 18.2. The van der Waals surface area contributed by atoms with Crippen LogP contribution in [0, 0.1) is 0 Å². The van der Waals surface area contributed by atoms with E-state index in [0.29, 0.717) is 17.6 Å². The molecule has 15 aromatic rings. The normalized spacial score (nSPS) is 12.2. The molecule has 0 radical (unpaired) electrons. The van der Waals surface area contributed by atoms with Crippen molar-refractivity contribution in [2.45, 2.75) is 0 Å². The monoisotopic (exact) mass is 859 g/mol. The van der Waals surface area contributed by atoms with Crippen molar-refractivity contribution in [1.82, 2.24) is 24.1 Å². The van der Waals surface area contributed by atoms with Gasteiger partial charge in [-0.3, -0.25) is 4.57 Å². The fourth-order valence-corrected chi connectivity index (χ4v) is 11.7. The van der Waals surface area contributed by atoms with Gasteiger partial charge in [-0.1, -0.05) is 127 Å². The number of nitrogens with zero attached hydrogens (tertiary/aromatic N) is 5. The molecule has 10 aromatic carbocycles. The predicted octanol–water partition coefficient (Wildman–Crippen LogP) is 16.0. The average Bonchev–Trinajstić information content (AvgIpc) is 4.13. The molecule has 5 heterocycles. The van der Waals surface area contributed by atoms with Crippen LogP contribution in [0.15, 0.2) is 205 Å². The van der Waals surface area contributed by atoms with Crippen molar-refractivity contribution in [2.75, 3.05) is 0 Å². The van der Waals surface area contributed by atoms with Crippen LogP contribution in [-0.2, 0) is 0 Å². The zero-order chi connectivity index (χ0) is 43.0. The lowest BCUT2D eigenvalue weighted by Gasteiger charge is -2.14. The number of benzene rings is 10. The summed E-state index contributed by atoms with van der Waals surface area (Å²) in [5, 5.41) is 13.6. The smallest absolute Gasteiger partial charge is 0.238 e. The summed E-state index contributed by atoms with van der Waals surface area (Å²) in [5.74, 6) is 1.69. The number of thiophene rings is 1. The van der Waals surface area contributed by atoms with Crippen LogP contribution in [0.5, 0.6) is 0 Å². The van der Waals surface area contributed by atoms with Crippen molar-refractivity contribution in [3.63, 3.8) is 0 Å². The molecule has 0 aliphatic carbocycles. The molecule has 0 aliphatic heterocycles. The van der Waals surface area contributed by atoms with Crippen LogP contribution >= 0.6 is 11.3 Å². The number of furan rings is 1. The van der Waals surface area contributed by atoms with Gasteiger partial charge in [0.2, 0.25) is 5.95 Å². The van der Waals surface area contributed by atoms with Crippen LogP contribution in [0.25, 0.3) is 142 Å². The molecule has 0 N–H and O–H groups in total.